The first kappa shape index (κ1) is 25.4. The van der Waals surface area contributed by atoms with Crippen LogP contribution in [0, 0.1) is 13.8 Å². The predicted molar refractivity (Wildman–Crippen MR) is 145 cm³/mol. The first-order chi connectivity index (χ1) is 18.4. The normalized spacial score (nSPS) is 14.7. The molecule has 0 radical (unpaired) electrons. The molecule has 0 unspecified atom stereocenters. The third-order valence-corrected chi connectivity index (χ3v) is 7.09. The second-order valence-corrected chi connectivity index (χ2v) is 9.64. The molecule has 7 heteroatoms. The molecule has 7 nitrogen and oxygen atoms in total. The Labute approximate surface area is 221 Å². The number of benzene rings is 3. The van der Waals surface area contributed by atoms with Gasteiger partial charge in [-0.3, -0.25) is 4.79 Å². The molecule has 0 fully saturated rings. The molecule has 5 rings (SSSR count). The zero-order valence-corrected chi connectivity index (χ0v) is 22.1. The minimum atomic E-state index is -0.401. The maximum Gasteiger partial charge on any atom is 0.336 e. The van der Waals surface area contributed by atoms with E-state index in [1.54, 1.807) is 20.3 Å². The van der Waals surface area contributed by atoms with Crippen molar-refractivity contribution >= 4 is 16.9 Å². The molecular weight excluding hydrogens is 482 g/mol. The van der Waals surface area contributed by atoms with Gasteiger partial charge in [0.15, 0.2) is 11.5 Å². The predicted octanol–water partition coefficient (Wildman–Crippen LogP) is 5.17. The maximum atomic E-state index is 13.6. The molecule has 2 heterocycles. The third-order valence-electron chi connectivity index (χ3n) is 7.09. The first-order valence-electron chi connectivity index (χ1n) is 12.6. The van der Waals surface area contributed by atoms with Gasteiger partial charge in [-0.25, -0.2) is 4.79 Å². The highest BCUT2D eigenvalue weighted by molar-refractivity contribution is 5.81. The molecule has 196 valence electrons. The summed E-state index contributed by atoms with van der Waals surface area (Å²) >= 11 is 0. The van der Waals surface area contributed by atoms with Gasteiger partial charge in [-0.1, -0.05) is 29.8 Å². The number of carbonyl (C=O) groups is 1. The van der Waals surface area contributed by atoms with Crippen LogP contribution in [0.1, 0.15) is 33.9 Å². The van der Waals surface area contributed by atoms with Crippen LogP contribution in [0.4, 0.5) is 0 Å². The van der Waals surface area contributed by atoms with Gasteiger partial charge in [-0.15, -0.1) is 0 Å². The van der Waals surface area contributed by atoms with E-state index in [0.717, 1.165) is 33.2 Å². The Kier molecular flexibility index (Phi) is 7.09. The van der Waals surface area contributed by atoms with Crippen LogP contribution in [0.3, 0.4) is 0 Å². The average Bonchev–Trinajstić information content (AvgIpc) is 2.90. The van der Waals surface area contributed by atoms with Gasteiger partial charge in [-0.05, 0) is 66.8 Å². The SMILES string of the molecule is COc1cc2c(cc1OC)[C@@H](COc1ccc3c(C)cc(=O)oc3c1)N(C(=O)Cc1cccc(C)c1)CC2. The van der Waals surface area contributed by atoms with E-state index < -0.39 is 5.63 Å². The number of ether oxygens (including phenoxy) is 3. The highest BCUT2D eigenvalue weighted by atomic mass is 16.5. The van der Waals surface area contributed by atoms with Crippen molar-refractivity contribution in [1.29, 1.82) is 0 Å². The standard InChI is InChI=1S/C31H31NO6/c1-19-6-5-7-21(12-19)14-30(33)32-11-10-22-15-28(35-3)29(36-4)17-25(22)26(32)18-37-23-8-9-24-20(2)13-31(34)38-27(24)16-23/h5-9,12-13,15-17,26H,10-11,14,18H2,1-4H3/t26-/m1/s1. The van der Waals surface area contributed by atoms with Crippen molar-refractivity contribution in [1.82, 2.24) is 4.90 Å². The number of rotatable bonds is 7. The van der Waals surface area contributed by atoms with Crippen molar-refractivity contribution in [3.8, 4) is 17.2 Å². The van der Waals surface area contributed by atoms with Crippen molar-refractivity contribution in [3.05, 3.63) is 98.9 Å². The van der Waals surface area contributed by atoms with Gasteiger partial charge in [0.25, 0.3) is 0 Å². The molecule has 1 atom stereocenters. The first-order valence-corrected chi connectivity index (χ1v) is 12.6. The molecule has 4 aromatic rings. The Balaban J connectivity index is 1.47. The van der Waals surface area contributed by atoms with Crippen molar-refractivity contribution in [3.63, 3.8) is 0 Å². The lowest BCUT2D eigenvalue weighted by Crippen LogP contribution is -2.43. The van der Waals surface area contributed by atoms with Crippen molar-refractivity contribution in [2.45, 2.75) is 32.7 Å². The lowest BCUT2D eigenvalue weighted by molar-refractivity contribution is -0.134. The molecule has 1 amide bonds. The van der Waals surface area contributed by atoms with E-state index in [1.807, 2.05) is 67.3 Å². The van der Waals surface area contributed by atoms with Gasteiger partial charge in [-0.2, -0.15) is 0 Å². The van der Waals surface area contributed by atoms with Crippen LogP contribution in [0.2, 0.25) is 0 Å². The molecule has 0 aliphatic carbocycles. The topological polar surface area (TPSA) is 78.2 Å². The van der Waals surface area contributed by atoms with Gasteiger partial charge in [0.05, 0.1) is 26.7 Å². The molecule has 0 N–H and O–H groups in total. The van der Waals surface area contributed by atoms with Crippen LogP contribution < -0.4 is 19.8 Å². The monoisotopic (exact) mass is 513 g/mol. The quantitative estimate of drug-likeness (QED) is 0.317. The van der Waals surface area contributed by atoms with E-state index in [0.29, 0.717) is 42.2 Å². The largest absolute Gasteiger partial charge is 0.493 e. The molecule has 1 aliphatic rings. The minimum Gasteiger partial charge on any atom is -0.493 e. The zero-order valence-electron chi connectivity index (χ0n) is 22.1. The zero-order chi connectivity index (χ0) is 26.8. The lowest BCUT2D eigenvalue weighted by atomic mass is 9.91. The van der Waals surface area contributed by atoms with Crippen molar-refractivity contribution in [2.24, 2.45) is 0 Å². The van der Waals surface area contributed by atoms with Gasteiger partial charge in [0, 0.05) is 24.1 Å². The van der Waals surface area contributed by atoms with Crippen LogP contribution >= 0.6 is 0 Å². The van der Waals surface area contributed by atoms with Gasteiger partial charge < -0.3 is 23.5 Å². The van der Waals surface area contributed by atoms with E-state index in [-0.39, 0.29) is 18.6 Å². The average molecular weight is 514 g/mol. The molecule has 0 bridgehead atoms. The summed E-state index contributed by atoms with van der Waals surface area (Å²) in [6.07, 6.45) is 1.01. The Hall–Kier alpha value is -4.26. The fourth-order valence-electron chi connectivity index (χ4n) is 5.17. The Bertz CT molecular complexity index is 1560. The van der Waals surface area contributed by atoms with E-state index >= 15 is 0 Å². The van der Waals surface area contributed by atoms with Crippen molar-refractivity contribution in [2.75, 3.05) is 27.4 Å². The molecule has 38 heavy (non-hydrogen) atoms. The fourth-order valence-corrected chi connectivity index (χ4v) is 5.17. The molecular formula is C31H31NO6. The summed E-state index contributed by atoms with van der Waals surface area (Å²) in [5.41, 5.74) is 5.07. The molecule has 0 spiro atoms. The van der Waals surface area contributed by atoms with E-state index in [1.165, 1.54) is 6.07 Å². The second-order valence-electron chi connectivity index (χ2n) is 9.64. The lowest BCUT2D eigenvalue weighted by Gasteiger charge is -2.37. The number of fused-ring (bicyclic) bond motifs is 2. The van der Waals surface area contributed by atoms with Crippen LogP contribution in [0.15, 0.2) is 69.9 Å². The summed E-state index contributed by atoms with van der Waals surface area (Å²) in [6.45, 7) is 4.68. The number of amides is 1. The highest BCUT2D eigenvalue weighted by Crippen LogP contribution is 2.39. The molecule has 3 aromatic carbocycles. The summed E-state index contributed by atoms with van der Waals surface area (Å²) in [5.74, 6) is 1.85. The highest BCUT2D eigenvalue weighted by Gasteiger charge is 2.33. The Morgan fingerprint density at radius 2 is 1.79 bits per heavy atom. The number of nitrogens with zero attached hydrogens (tertiary/aromatic N) is 1. The molecule has 0 saturated heterocycles. The third kappa shape index (κ3) is 5.09. The second kappa shape index (κ2) is 10.6. The maximum absolute atomic E-state index is 13.6. The molecule has 1 aliphatic heterocycles. The Morgan fingerprint density at radius 1 is 1.00 bits per heavy atom. The summed E-state index contributed by atoms with van der Waals surface area (Å²) in [4.78, 5) is 27.4. The number of carbonyl (C=O) groups excluding carboxylic acids is 1. The number of methoxy groups -OCH3 is 2. The van der Waals surface area contributed by atoms with E-state index in [4.69, 9.17) is 18.6 Å². The van der Waals surface area contributed by atoms with Crippen LogP contribution in [0.5, 0.6) is 17.2 Å². The van der Waals surface area contributed by atoms with Crippen LogP contribution in [0.25, 0.3) is 11.0 Å². The molecule has 0 saturated carbocycles. The van der Waals surface area contributed by atoms with Gasteiger partial charge in [0.1, 0.15) is 17.9 Å². The Morgan fingerprint density at radius 3 is 2.55 bits per heavy atom. The summed E-state index contributed by atoms with van der Waals surface area (Å²) < 4.78 is 22.7. The number of hydrogen-bond acceptors (Lipinski definition) is 6. The van der Waals surface area contributed by atoms with Crippen molar-refractivity contribution < 1.29 is 23.4 Å². The number of aryl methyl sites for hydroxylation is 2. The summed E-state index contributed by atoms with van der Waals surface area (Å²) in [7, 11) is 3.22. The van der Waals surface area contributed by atoms with Crippen LogP contribution in [-0.2, 0) is 17.6 Å². The fraction of sp³-hybridized carbons (Fsp3) is 0.290. The summed E-state index contributed by atoms with van der Waals surface area (Å²) in [5, 5.41) is 0.853. The molecule has 1 aromatic heterocycles. The van der Waals surface area contributed by atoms with Gasteiger partial charge in [0.2, 0.25) is 5.91 Å². The summed E-state index contributed by atoms with van der Waals surface area (Å²) in [6, 6.07) is 18.5. The van der Waals surface area contributed by atoms with E-state index in [9.17, 15) is 9.59 Å². The minimum absolute atomic E-state index is 0.0322. The van der Waals surface area contributed by atoms with Gasteiger partial charge >= 0.3 is 5.63 Å². The number of hydrogen-bond donors (Lipinski definition) is 0. The smallest absolute Gasteiger partial charge is 0.336 e. The van der Waals surface area contributed by atoms with E-state index in [2.05, 4.69) is 0 Å². The van der Waals surface area contributed by atoms with Crippen LogP contribution in [-0.4, -0.2) is 38.2 Å².